The number of hydrogen-bond donors (Lipinski definition) is 3. The fraction of sp³-hybridized carbons (Fsp3) is 0.579. The highest BCUT2D eigenvalue weighted by molar-refractivity contribution is 5.97. The van der Waals surface area contributed by atoms with E-state index in [9.17, 15) is 9.59 Å². The Morgan fingerprint density at radius 1 is 1.11 bits per heavy atom. The lowest BCUT2D eigenvalue weighted by Gasteiger charge is -2.21. The number of ether oxygens (including phenoxy) is 2. The summed E-state index contributed by atoms with van der Waals surface area (Å²) >= 11 is 0. The molecular weight excluding hydrogens is 370 g/mol. The van der Waals surface area contributed by atoms with Gasteiger partial charge in [0.1, 0.15) is 5.75 Å². The molecule has 0 radical (unpaired) electrons. The maximum Gasteiger partial charge on any atom is 0.238 e. The molecule has 152 valence electrons. The number of benzene rings is 1. The number of carbonyl (C=O) groups excluding carboxylic acids is 2. The Bertz CT molecular complexity index is 607. The van der Waals surface area contributed by atoms with Crippen molar-refractivity contribution >= 4 is 35.6 Å². The summed E-state index contributed by atoms with van der Waals surface area (Å²) in [5.41, 5.74) is 1.19. The lowest BCUT2D eigenvalue weighted by Crippen LogP contribution is -2.30. The summed E-state index contributed by atoms with van der Waals surface area (Å²) in [7, 11) is 3.17. The highest BCUT2D eigenvalue weighted by Gasteiger charge is 2.22. The SMILES string of the molecule is COCCNCC(=O)Nc1ccc(OC)c(NC(=O)C2CCCCC2)c1.Cl. The van der Waals surface area contributed by atoms with Gasteiger partial charge in [-0.2, -0.15) is 0 Å². The molecule has 0 spiro atoms. The minimum absolute atomic E-state index is 0. The molecule has 0 heterocycles. The highest BCUT2D eigenvalue weighted by Crippen LogP contribution is 2.30. The quantitative estimate of drug-likeness (QED) is 0.555. The van der Waals surface area contributed by atoms with Gasteiger partial charge in [0, 0.05) is 25.3 Å². The molecule has 1 saturated carbocycles. The molecule has 2 rings (SSSR count). The van der Waals surface area contributed by atoms with E-state index in [1.54, 1.807) is 32.4 Å². The van der Waals surface area contributed by atoms with Gasteiger partial charge in [-0.25, -0.2) is 0 Å². The van der Waals surface area contributed by atoms with E-state index in [1.807, 2.05) is 0 Å². The molecule has 0 aromatic heterocycles. The number of halogens is 1. The van der Waals surface area contributed by atoms with Gasteiger partial charge in [0.25, 0.3) is 0 Å². The number of nitrogens with one attached hydrogen (secondary N) is 3. The summed E-state index contributed by atoms with van der Waals surface area (Å²) in [6, 6.07) is 5.22. The van der Waals surface area contributed by atoms with Crippen LogP contribution in [0.1, 0.15) is 32.1 Å². The Labute approximate surface area is 167 Å². The molecule has 1 aromatic carbocycles. The third-order valence-electron chi connectivity index (χ3n) is 4.49. The summed E-state index contributed by atoms with van der Waals surface area (Å²) in [6.07, 6.45) is 5.26. The van der Waals surface area contributed by atoms with Crippen LogP contribution in [0.4, 0.5) is 11.4 Å². The van der Waals surface area contributed by atoms with Crippen LogP contribution in [0.5, 0.6) is 5.75 Å². The number of anilines is 2. The highest BCUT2D eigenvalue weighted by atomic mass is 35.5. The van der Waals surface area contributed by atoms with E-state index in [1.165, 1.54) is 6.42 Å². The molecule has 0 aliphatic heterocycles. The van der Waals surface area contributed by atoms with Crippen LogP contribution in [0.2, 0.25) is 0 Å². The molecule has 1 aromatic rings. The number of hydrogen-bond acceptors (Lipinski definition) is 5. The van der Waals surface area contributed by atoms with Gasteiger partial charge >= 0.3 is 0 Å². The normalized spacial score (nSPS) is 14.1. The molecule has 3 N–H and O–H groups in total. The largest absolute Gasteiger partial charge is 0.495 e. The zero-order valence-corrected chi connectivity index (χ0v) is 16.8. The first-order valence-electron chi connectivity index (χ1n) is 9.12. The van der Waals surface area contributed by atoms with Crippen LogP contribution in [0.25, 0.3) is 0 Å². The first-order chi connectivity index (χ1) is 12.6. The summed E-state index contributed by atoms with van der Waals surface area (Å²) < 4.78 is 10.3. The van der Waals surface area contributed by atoms with Gasteiger partial charge in [0.05, 0.1) is 25.9 Å². The molecular formula is C19H30ClN3O4. The van der Waals surface area contributed by atoms with Crippen LogP contribution in [0, 0.1) is 5.92 Å². The lowest BCUT2D eigenvalue weighted by atomic mass is 9.88. The second-order valence-electron chi connectivity index (χ2n) is 6.46. The van der Waals surface area contributed by atoms with E-state index in [0.717, 1.165) is 25.7 Å². The Hall–Kier alpha value is -1.83. The van der Waals surface area contributed by atoms with Crippen molar-refractivity contribution in [3.63, 3.8) is 0 Å². The molecule has 0 unspecified atom stereocenters. The molecule has 0 saturated heterocycles. The fourth-order valence-electron chi connectivity index (χ4n) is 3.06. The topological polar surface area (TPSA) is 88.7 Å². The predicted molar refractivity (Wildman–Crippen MR) is 109 cm³/mol. The first-order valence-corrected chi connectivity index (χ1v) is 9.12. The van der Waals surface area contributed by atoms with Gasteiger partial charge in [-0.1, -0.05) is 19.3 Å². The fourth-order valence-corrected chi connectivity index (χ4v) is 3.06. The standard InChI is InChI=1S/C19H29N3O4.ClH/c1-25-11-10-20-13-18(23)21-15-8-9-17(26-2)16(12-15)22-19(24)14-6-4-3-5-7-14;/h8-9,12,14,20H,3-7,10-11,13H2,1-2H3,(H,21,23)(H,22,24);1H. The molecule has 2 amide bonds. The summed E-state index contributed by atoms with van der Waals surface area (Å²) in [4.78, 5) is 24.5. The third kappa shape index (κ3) is 7.74. The Morgan fingerprint density at radius 3 is 2.52 bits per heavy atom. The molecule has 1 aliphatic rings. The minimum atomic E-state index is -0.157. The van der Waals surface area contributed by atoms with Crippen LogP contribution in [-0.2, 0) is 14.3 Å². The monoisotopic (exact) mass is 399 g/mol. The number of carbonyl (C=O) groups is 2. The van der Waals surface area contributed by atoms with E-state index < -0.39 is 0 Å². The van der Waals surface area contributed by atoms with Gasteiger partial charge in [-0.05, 0) is 31.0 Å². The summed E-state index contributed by atoms with van der Waals surface area (Å²) in [5.74, 6) is 0.491. The average molecular weight is 400 g/mol. The average Bonchev–Trinajstić information content (AvgIpc) is 2.66. The van der Waals surface area contributed by atoms with Gasteiger partial charge in [0.2, 0.25) is 11.8 Å². The molecule has 1 aliphatic carbocycles. The summed E-state index contributed by atoms with van der Waals surface area (Å²) in [5, 5.41) is 8.76. The van der Waals surface area contributed by atoms with Gasteiger partial charge < -0.3 is 25.4 Å². The molecule has 27 heavy (non-hydrogen) atoms. The van der Waals surface area contributed by atoms with Gasteiger partial charge in [0.15, 0.2) is 0 Å². The van der Waals surface area contributed by atoms with Crippen molar-refractivity contribution in [3.8, 4) is 5.75 Å². The second kappa shape index (κ2) is 12.5. The van der Waals surface area contributed by atoms with Crippen molar-refractivity contribution in [1.29, 1.82) is 0 Å². The zero-order chi connectivity index (χ0) is 18.8. The van der Waals surface area contributed by atoms with Crippen molar-refractivity contribution in [2.45, 2.75) is 32.1 Å². The van der Waals surface area contributed by atoms with Crippen molar-refractivity contribution < 1.29 is 19.1 Å². The number of rotatable bonds is 9. The van der Waals surface area contributed by atoms with E-state index >= 15 is 0 Å². The van der Waals surface area contributed by atoms with Crippen LogP contribution < -0.4 is 20.7 Å². The van der Waals surface area contributed by atoms with Crippen molar-refractivity contribution in [2.75, 3.05) is 44.5 Å². The van der Waals surface area contributed by atoms with Crippen molar-refractivity contribution in [2.24, 2.45) is 5.92 Å². The van der Waals surface area contributed by atoms with E-state index in [-0.39, 0.29) is 36.7 Å². The van der Waals surface area contributed by atoms with Crippen LogP contribution in [0.3, 0.4) is 0 Å². The first kappa shape index (κ1) is 23.2. The molecule has 0 atom stereocenters. The summed E-state index contributed by atoms with van der Waals surface area (Å²) in [6.45, 7) is 1.35. The van der Waals surface area contributed by atoms with E-state index in [2.05, 4.69) is 16.0 Å². The molecule has 8 heteroatoms. The minimum Gasteiger partial charge on any atom is -0.495 e. The van der Waals surface area contributed by atoms with Crippen molar-refractivity contribution in [1.82, 2.24) is 5.32 Å². The smallest absolute Gasteiger partial charge is 0.238 e. The zero-order valence-electron chi connectivity index (χ0n) is 16.0. The Balaban J connectivity index is 0.00000364. The number of methoxy groups -OCH3 is 2. The lowest BCUT2D eigenvalue weighted by molar-refractivity contribution is -0.120. The second-order valence-corrected chi connectivity index (χ2v) is 6.46. The third-order valence-corrected chi connectivity index (χ3v) is 4.49. The maximum absolute atomic E-state index is 12.5. The number of amides is 2. The molecule has 7 nitrogen and oxygen atoms in total. The Kier molecular flexibility index (Phi) is 10.8. The molecule has 1 fully saturated rings. The van der Waals surface area contributed by atoms with E-state index in [4.69, 9.17) is 9.47 Å². The van der Waals surface area contributed by atoms with Gasteiger partial charge in [-0.3, -0.25) is 9.59 Å². The Morgan fingerprint density at radius 2 is 1.85 bits per heavy atom. The maximum atomic E-state index is 12.5. The molecule has 0 bridgehead atoms. The predicted octanol–water partition coefficient (Wildman–Crippen LogP) is 2.81. The van der Waals surface area contributed by atoms with E-state index in [0.29, 0.717) is 30.3 Å². The van der Waals surface area contributed by atoms with Crippen LogP contribution in [-0.4, -0.2) is 45.7 Å². The van der Waals surface area contributed by atoms with Crippen LogP contribution >= 0.6 is 12.4 Å². The van der Waals surface area contributed by atoms with Gasteiger partial charge in [-0.15, -0.1) is 12.4 Å². The van der Waals surface area contributed by atoms with Crippen LogP contribution in [0.15, 0.2) is 18.2 Å². The van der Waals surface area contributed by atoms with Crippen molar-refractivity contribution in [3.05, 3.63) is 18.2 Å².